The number of alkyl halides is 3. The molecule has 0 N–H and O–H groups in total. The lowest BCUT2D eigenvalue weighted by Gasteiger charge is -2.32. The van der Waals surface area contributed by atoms with Crippen molar-refractivity contribution in [3.05, 3.63) is 52.4 Å². The molecular weight excluding hydrogens is 427 g/mol. The van der Waals surface area contributed by atoms with Crippen molar-refractivity contribution < 1.29 is 22.7 Å². The van der Waals surface area contributed by atoms with Crippen LogP contribution in [0.15, 0.2) is 41.3 Å². The fourth-order valence-electron chi connectivity index (χ4n) is 2.93. The van der Waals surface area contributed by atoms with Crippen molar-refractivity contribution in [1.82, 2.24) is 14.9 Å². The molecule has 27 heavy (non-hydrogen) atoms. The molecule has 2 aromatic rings. The van der Waals surface area contributed by atoms with Crippen molar-refractivity contribution in [2.45, 2.75) is 19.0 Å². The predicted molar refractivity (Wildman–Crippen MR) is 95.3 cm³/mol. The van der Waals surface area contributed by atoms with E-state index in [0.717, 1.165) is 10.5 Å². The molecule has 0 radical (unpaired) electrons. The molecule has 9 heteroatoms. The minimum absolute atomic E-state index is 0.0674. The molecule has 0 spiro atoms. The summed E-state index contributed by atoms with van der Waals surface area (Å²) in [7, 11) is 0. The number of ether oxygens (including phenoxy) is 1. The van der Waals surface area contributed by atoms with Gasteiger partial charge in [-0.05, 0) is 52.9 Å². The topological polar surface area (TPSA) is 55.3 Å². The largest absolute Gasteiger partial charge is 0.477 e. The number of halogens is 4. The van der Waals surface area contributed by atoms with Crippen molar-refractivity contribution >= 4 is 21.8 Å². The Morgan fingerprint density at radius 3 is 2.70 bits per heavy atom. The molecule has 144 valence electrons. The summed E-state index contributed by atoms with van der Waals surface area (Å²) in [5.74, 6) is -0.436. The fourth-order valence-corrected chi connectivity index (χ4v) is 3.30. The molecule has 0 saturated carbocycles. The molecule has 1 aliphatic heterocycles. The third-order valence-electron chi connectivity index (χ3n) is 4.39. The molecule has 1 amide bonds. The molecular formula is C18H17BrF3N3O2. The van der Waals surface area contributed by atoms with E-state index in [0.29, 0.717) is 31.5 Å². The number of piperidine rings is 1. The Morgan fingerprint density at radius 2 is 2.04 bits per heavy atom. The van der Waals surface area contributed by atoms with Gasteiger partial charge in [0, 0.05) is 36.2 Å². The predicted octanol–water partition coefficient (Wildman–Crippen LogP) is 4.19. The third kappa shape index (κ3) is 4.97. The van der Waals surface area contributed by atoms with Gasteiger partial charge in [-0.15, -0.1) is 0 Å². The van der Waals surface area contributed by atoms with Crippen LogP contribution < -0.4 is 4.74 Å². The lowest BCUT2D eigenvalue weighted by Crippen LogP contribution is -2.39. The van der Waals surface area contributed by atoms with E-state index in [-0.39, 0.29) is 18.4 Å². The van der Waals surface area contributed by atoms with Crippen molar-refractivity contribution in [2.75, 3.05) is 19.7 Å². The van der Waals surface area contributed by atoms with Gasteiger partial charge in [0.05, 0.1) is 12.2 Å². The number of rotatable bonds is 4. The first-order valence-corrected chi connectivity index (χ1v) is 9.18. The van der Waals surface area contributed by atoms with Crippen LogP contribution in [0.3, 0.4) is 0 Å². The van der Waals surface area contributed by atoms with E-state index in [2.05, 4.69) is 25.9 Å². The van der Waals surface area contributed by atoms with Gasteiger partial charge < -0.3 is 9.64 Å². The van der Waals surface area contributed by atoms with Crippen molar-refractivity contribution in [1.29, 1.82) is 0 Å². The van der Waals surface area contributed by atoms with Crippen molar-refractivity contribution in [3.8, 4) is 5.88 Å². The smallest absolute Gasteiger partial charge is 0.421 e. The minimum Gasteiger partial charge on any atom is -0.477 e. The molecule has 3 heterocycles. The first kappa shape index (κ1) is 19.6. The molecule has 0 unspecified atom stereocenters. The number of hydrogen-bond donors (Lipinski definition) is 0. The number of carbonyl (C=O) groups excluding carboxylic acids is 1. The number of nitrogens with zero attached hydrogens (tertiary/aromatic N) is 3. The maximum Gasteiger partial charge on any atom is 0.421 e. The van der Waals surface area contributed by atoms with Gasteiger partial charge in [0.25, 0.3) is 5.91 Å². The summed E-state index contributed by atoms with van der Waals surface area (Å²) in [4.78, 5) is 21.9. The minimum atomic E-state index is -4.50. The molecule has 0 bridgehead atoms. The average Bonchev–Trinajstić information content (AvgIpc) is 2.66. The maximum absolute atomic E-state index is 13.0. The van der Waals surface area contributed by atoms with Crippen LogP contribution in [0, 0.1) is 5.92 Å². The third-order valence-corrected chi connectivity index (χ3v) is 4.82. The molecule has 2 aromatic heterocycles. The summed E-state index contributed by atoms with van der Waals surface area (Å²) in [6, 6.07) is 3.90. The van der Waals surface area contributed by atoms with Gasteiger partial charge in [-0.1, -0.05) is 0 Å². The highest BCUT2D eigenvalue weighted by atomic mass is 79.9. The molecule has 1 saturated heterocycles. The lowest BCUT2D eigenvalue weighted by atomic mass is 9.97. The SMILES string of the molecule is O=C(c1cncc(Br)c1)N1CCC(COc2ncccc2C(F)(F)F)CC1. The zero-order chi connectivity index (χ0) is 19.4. The first-order chi connectivity index (χ1) is 12.8. The summed E-state index contributed by atoms with van der Waals surface area (Å²) < 4.78 is 45.0. The lowest BCUT2D eigenvalue weighted by molar-refractivity contribution is -0.139. The van der Waals surface area contributed by atoms with Crippen LogP contribution in [0.1, 0.15) is 28.8 Å². The summed E-state index contributed by atoms with van der Waals surface area (Å²) in [6.07, 6.45) is 1.20. The second-order valence-corrected chi connectivity index (χ2v) is 7.21. The monoisotopic (exact) mass is 443 g/mol. The van der Waals surface area contributed by atoms with Crippen LogP contribution in [0.5, 0.6) is 5.88 Å². The van der Waals surface area contributed by atoms with Crippen LogP contribution >= 0.6 is 15.9 Å². The molecule has 1 aliphatic rings. The van der Waals surface area contributed by atoms with E-state index in [1.165, 1.54) is 18.5 Å². The van der Waals surface area contributed by atoms with Gasteiger partial charge in [-0.2, -0.15) is 13.2 Å². The first-order valence-electron chi connectivity index (χ1n) is 8.39. The van der Waals surface area contributed by atoms with Crippen LogP contribution in [-0.2, 0) is 6.18 Å². The molecule has 0 aromatic carbocycles. The highest BCUT2D eigenvalue weighted by Crippen LogP contribution is 2.35. The number of carbonyl (C=O) groups is 1. The number of likely N-dealkylation sites (tertiary alicyclic amines) is 1. The second kappa shape index (κ2) is 8.24. The average molecular weight is 444 g/mol. The van der Waals surface area contributed by atoms with Gasteiger partial charge in [-0.3, -0.25) is 9.78 Å². The molecule has 0 atom stereocenters. The van der Waals surface area contributed by atoms with Crippen LogP contribution in [0.4, 0.5) is 13.2 Å². The maximum atomic E-state index is 13.0. The molecule has 5 nitrogen and oxygen atoms in total. The van der Waals surface area contributed by atoms with Gasteiger partial charge in [0.15, 0.2) is 0 Å². The van der Waals surface area contributed by atoms with E-state index < -0.39 is 17.6 Å². The number of hydrogen-bond acceptors (Lipinski definition) is 4. The number of amides is 1. The number of aromatic nitrogens is 2. The van der Waals surface area contributed by atoms with Crippen molar-refractivity contribution in [2.24, 2.45) is 5.92 Å². The highest BCUT2D eigenvalue weighted by Gasteiger charge is 2.35. The molecule has 1 fully saturated rings. The van der Waals surface area contributed by atoms with Crippen LogP contribution in [0.25, 0.3) is 0 Å². The van der Waals surface area contributed by atoms with Crippen LogP contribution in [0.2, 0.25) is 0 Å². The second-order valence-electron chi connectivity index (χ2n) is 6.29. The zero-order valence-electron chi connectivity index (χ0n) is 14.2. The summed E-state index contributed by atoms with van der Waals surface area (Å²) in [5.41, 5.74) is -0.373. The van der Waals surface area contributed by atoms with Crippen molar-refractivity contribution in [3.63, 3.8) is 0 Å². The molecule has 0 aliphatic carbocycles. The Hall–Kier alpha value is -2.16. The summed E-state index contributed by atoms with van der Waals surface area (Å²) >= 11 is 3.29. The van der Waals surface area contributed by atoms with Gasteiger partial charge >= 0.3 is 6.18 Å². The highest BCUT2D eigenvalue weighted by molar-refractivity contribution is 9.10. The van der Waals surface area contributed by atoms with E-state index in [4.69, 9.17) is 4.74 Å². The Balaban J connectivity index is 1.54. The van der Waals surface area contributed by atoms with E-state index >= 15 is 0 Å². The van der Waals surface area contributed by atoms with E-state index in [9.17, 15) is 18.0 Å². The Labute approximate surface area is 162 Å². The normalized spacial score (nSPS) is 15.6. The number of pyridine rings is 2. The van der Waals surface area contributed by atoms with Crippen LogP contribution in [-0.4, -0.2) is 40.5 Å². The quantitative estimate of drug-likeness (QED) is 0.710. The van der Waals surface area contributed by atoms with Gasteiger partial charge in [0.2, 0.25) is 5.88 Å². The Kier molecular flexibility index (Phi) is 5.98. The Morgan fingerprint density at radius 1 is 1.30 bits per heavy atom. The Bertz CT molecular complexity index is 808. The van der Waals surface area contributed by atoms with E-state index in [1.54, 1.807) is 17.2 Å². The summed E-state index contributed by atoms with van der Waals surface area (Å²) in [5, 5.41) is 0. The van der Waals surface area contributed by atoms with E-state index in [1.807, 2.05) is 0 Å². The fraction of sp³-hybridized carbons (Fsp3) is 0.389. The standard InChI is InChI=1S/C18H17BrF3N3O2/c19-14-8-13(9-23-10-14)17(26)25-6-3-12(4-7-25)11-27-16-15(18(20,21)22)2-1-5-24-16/h1-2,5,8-10,12H,3-4,6-7,11H2. The molecule has 3 rings (SSSR count). The summed E-state index contributed by atoms with van der Waals surface area (Å²) in [6.45, 7) is 1.18. The van der Waals surface area contributed by atoms with Gasteiger partial charge in [0.1, 0.15) is 5.56 Å². The zero-order valence-corrected chi connectivity index (χ0v) is 15.8. The van der Waals surface area contributed by atoms with Gasteiger partial charge in [-0.25, -0.2) is 4.98 Å².